The van der Waals surface area contributed by atoms with Gasteiger partial charge in [0.15, 0.2) is 0 Å². The van der Waals surface area contributed by atoms with E-state index < -0.39 is 0 Å². The molecular weight excluding hydrogens is 394 g/mol. The number of morpholine rings is 1. The van der Waals surface area contributed by atoms with Gasteiger partial charge in [-0.25, -0.2) is 10.0 Å². The number of guanidine groups is 1. The number of nitrogen functional groups attached to an aromatic ring is 1. The third kappa shape index (κ3) is 4.29. The molecule has 0 bridgehead atoms. The number of nitrogens with two attached hydrogens (primary N) is 1. The highest BCUT2D eigenvalue weighted by Crippen LogP contribution is 2.22. The first-order valence-corrected chi connectivity index (χ1v) is 11.0. The van der Waals surface area contributed by atoms with Crippen molar-refractivity contribution in [2.75, 3.05) is 66.9 Å². The average Bonchev–Trinajstić information content (AvgIpc) is 3.20. The van der Waals surface area contributed by atoms with Crippen molar-refractivity contribution in [3.8, 4) is 0 Å². The van der Waals surface area contributed by atoms with Crippen LogP contribution in [0.15, 0.2) is 41.5 Å². The highest BCUT2D eigenvalue weighted by Gasteiger charge is 2.25. The van der Waals surface area contributed by atoms with E-state index in [2.05, 4.69) is 42.3 Å². The van der Waals surface area contributed by atoms with Gasteiger partial charge in [0.2, 0.25) is 11.9 Å². The van der Waals surface area contributed by atoms with Crippen LogP contribution in [0.2, 0.25) is 0 Å². The van der Waals surface area contributed by atoms with Crippen LogP contribution < -0.4 is 21.0 Å². The van der Waals surface area contributed by atoms with Gasteiger partial charge in [-0.05, 0) is 49.6 Å². The van der Waals surface area contributed by atoms with Crippen LogP contribution in [0, 0.1) is 0 Å². The van der Waals surface area contributed by atoms with Crippen molar-refractivity contribution >= 4 is 29.2 Å². The van der Waals surface area contributed by atoms with Gasteiger partial charge in [0.25, 0.3) is 5.95 Å². The van der Waals surface area contributed by atoms with Gasteiger partial charge in [-0.15, -0.1) is 9.89 Å². The zero-order valence-electron chi connectivity index (χ0n) is 17.7. The minimum atomic E-state index is 0.326. The van der Waals surface area contributed by atoms with E-state index in [1.54, 1.807) is 4.79 Å². The Bertz CT molecular complexity index is 940. The highest BCUT2D eigenvalue weighted by molar-refractivity contribution is 5.91. The lowest BCUT2D eigenvalue weighted by molar-refractivity contribution is 0.122. The molecule has 3 aliphatic rings. The van der Waals surface area contributed by atoms with Crippen LogP contribution >= 0.6 is 0 Å². The van der Waals surface area contributed by atoms with E-state index in [1.807, 2.05) is 29.4 Å². The number of aromatic nitrogens is 3. The number of ether oxygens (including phenoxy) is 1. The quantitative estimate of drug-likeness (QED) is 0.767. The van der Waals surface area contributed by atoms with Crippen molar-refractivity contribution < 1.29 is 4.74 Å². The fourth-order valence-electron chi connectivity index (χ4n) is 4.17. The molecule has 0 saturated carbocycles. The number of anilines is 4. The monoisotopic (exact) mass is 423 g/mol. The van der Waals surface area contributed by atoms with Crippen LogP contribution in [0.5, 0.6) is 0 Å². The molecule has 0 unspecified atom stereocenters. The Morgan fingerprint density at radius 2 is 1.71 bits per heavy atom. The molecule has 0 amide bonds. The molecule has 2 saturated heterocycles. The molecule has 2 fully saturated rings. The van der Waals surface area contributed by atoms with Gasteiger partial charge in [0.05, 0.1) is 19.8 Å². The molecule has 164 valence electrons. The fourth-order valence-corrected chi connectivity index (χ4v) is 4.17. The third-order valence-corrected chi connectivity index (χ3v) is 5.79. The summed E-state index contributed by atoms with van der Waals surface area (Å²) < 4.78 is 5.43. The van der Waals surface area contributed by atoms with Gasteiger partial charge in [-0.1, -0.05) is 0 Å². The molecule has 0 spiro atoms. The summed E-state index contributed by atoms with van der Waals surface area (Å²) in [5.74, 6) is 1.66. The second-order valence-electron chi connectivity index (χ2n) is 7.90. The van der Waals surface area contributed by atoms with Crippen LogP contribution in [-0.2, 0) is 4.74 Å². The van der Waals surface area contributed by atoms with Gasteiger partial charge in [-0.2, -0.15) is 4.98 Å². The Balaban J connectivity index is 1.30. The molecule has 3 N–H and O–H groups in total. The minimum Gasteiger partial charge on any atom is -0.378 e. The SMILES string of the molecule is Nc1nc(Nc2ccc(N3CCOCC3)cc2)nn1N1CC=CN=C1N1CCCCC1. The first-order valence-electron chi connectivity index (χ1n) is 11.0. The van der Waals surface area contributed by atoms with Crippen LogP contribution in [0.1, 0.15) is 19.3 Å². The van der Waals surface area contributed by atoms with Gasteiger partial charge in [-0.3, -0.25) is 0 Å². The van der Waals surface area contributed by atoms with Crippen molar-refractivity contribution in [1.82, 2.24) is 19.8 Å². The Labute approximate surface area is 182 Å². The topological polar surface area (TPSA) is 100 Å². The molecule has 31 heavy (non-hydrogen) atoms. The standard InChI is InChI=1S/C21H29N9O/c22-19-25-20(24-17-5-7-18(8-6-17)27-13-15-31-16-14-27)26-30(19)29-12-4-9-23-21(29)28-10-2-1-3-11-28/h4-9H,1-3,10-16H2,(H3,22,24,25,26). The van der Waals surface area contributed by atoms with Crippen LogP contribution in [-0.4, -0.2) is 71.7 Å². The Morgan fingerprint density at radius 3 is 2.48 bits per heavy atom. The molecule has 3 aliphatic heterocycles. The summed E-state index contributed by atoms with van der Waals surface area (Å²) in [6.07, 6.45) is 7.46. The molecule has 10 heteroatoms. The van der Waals surface area contributed by atoms with Gasteiger partial charge < -0.3 is 25.6 Å². The summed E-state index contributed by atoms with van der Waals surface area (Å²) in [6, 6.07) is 8.27. The molecule has 5 rings (SSSR count). The average molecular weight is 424 g/mol. The normalized spacial score (nSPS) is 19.5. The van der Waals surface area contributed by atoms with Gasteiger partial charge in [0.1, 0.15) is 0 Å². The van der Waals surface area contributed by atoms with Crippen molar-refractivity contribution in [2.24, 2.45) is 4.99 Å². The second-order valence-corrected chi connectivity index (χ2v) is 7.90. The van der Waals surface area contributed by atoms with Gasteiger partial charge >= 0.3 is 0 Å². The number of nitrogens with one attached hydrogen (secondary N) is 1. The zero-order valence-corrected chi connectivity index (χ0v) is 17.7. The Morgan fingerprint density at radius 1 is 0.935 bits per heavy atom. The smallest absolute Gasteiger partial charge is 0.250 e. The summed E-state index contributed by atoms with van der Waals surface area (Å²) >= 11 is 0. The second kappa shape index (κ2) is 8.84. The molecule has 2 aromatic rings. The number of aliphatic imine (C=N–C) groups is 1. The molecule has 0 atom stereocenters. The Kier molecular flexibility index (Phi) is 5.61. The minimum absolute atomic E-state index is 0.326. The van der Waals surface area contributed by atoms with E-state index >= 15 is 0 Å². The number of nitrogens with zero attached hydrogens (tertiary/aromatic N) is 7. The van der Waals surface area contributed by atoms with E-state index in [-0.39, 0.29) is 0 Å². The van der Waals surface area contributed by atoms with Crippen LogP contribution in [0.3, 0.4) is 0 Å². The molecule has 0 radical (unpaired) electrons. The number of likely N-dealkylation sites (tertiary alicyclic amines) is 1. The molecule has 1 aromatic heterocycles. The maximum absolute atomic E-state index is 6.23. The number of hydrogen-bond donors (Lipinski definition) is 2. The fraction of sp³-hybridized carbons (Fsp3) is 0.476. The van der Waals surface area contributed by atoms with E-state index in [0.29, 0.717) is 18.4 Å². The number of hydrogen-bond acceptors (Lipinski definition) is 9. The summed E-state index contributed by atoms with van der Waals surface area (Å²) in [7, 11) is 0. The predicted octanol–water partition coefficient (Wildman–Crippen LogP) is 1.75. The van der Waals surface area contributed by atoms with E-state index in [0.717, 1.165) is 51.0 Å². The van der Waals surface area contributed by atoms with E-state index in [4.69, 9.17) is 10.5 Å². The molecule has 10 nitrogen and oxygen atoms in total. The van der Waals surface area contributed by atoms with Crippen molar-refractivity contribution in [2.45, 2.75) is 19.3 Å². The van der Waals surface area contributed by atoms with Crippen molar-refractivity contribution in [1.29, 1.82) is 0 Å². The zero-order chi connectivity index (χ0) is 21.0. The van der Waals surface area contributed by atoms with E-state index in [9.17, 15) is 0 Å². The van der Waals surface area contributed by atoms with Gasteiger partial charge in [0, 0.05) is 43.8 Å². The predicted molar refractivity (Wildman–Crippen MR) is 122 cm³/mol. The highest BCUT2D eigenvalue weighted by atomic mass is 16.5. The maximum atomic E-state index is 6.23. The summed E-state index contributed by atoms with van der Waals surface area (Å²) in [5, 5.41) is 9.85. The lowest BCUT2D eigenvalue weighted by atomic mass is 10.1. The molecule has 0 aliphatic carbocycles. The van der Waals surface area contributed by atoms with Crippen LogP contribution in [0.4, 0.5) is 23.3 Å². The maximum Gasteiger partial charge on any atom is 0.250 e. The molecule has 4 heterocycles. The third-order valence-electron chi connectivity index (χ3n) is 5.79. The number of benzene rings is 1. The summed E-state index contributed by atoms with van der Waals surface area (Å²) in [4.78, 5) is 15.3. The number of piperidine rings is 1. The first-order chi connectivity index (χ1) is 15.3. The van der Waals surface area contributed by atoms with Crippen LogP contribution in [0.25, 0.3) is 0 Å². The van der Waals surface area contributed by atoms with E-state index in [1.165, 1.54) is 24.9 Å². The Hall–Kier alpha value is -3.27. The molecular formula is C21H29N9O. The molecule has 1 aromatic carbocycles. The first kappa shape index (κ1) is 19.7. The number of rotatable bonds is 4. The summed E-state index contributed by atoms with van der Waals surface area (Å²) in [6.45, 7) is 6.03. The van der Waals surface area contributed by atoms with Crippen molar-refractivity contribution in [3.05, 3.63) is 36.5 Å². The lowest BCUT2D eigenvalue weighted by Gasteiger charge is -2.36. The van der Waals surface area contributed by atoms with Crippen molar-refractivity contribution in [3.63, 3.8) is 0 Å². The summed E-state index contributed by atoms with van der Waals surface area (Å²) in [5.41, 5.74) is 8.33. The lowest BCUT2D eigenvalue weighted by Crippen LogP contribution is -2.53. The largest absolute Gasteiger partial charge is 0.378 e.